The lowest BCUT2D eigenvalue weighted by Gasteiger charge is -2.33. The molecule has 3 rings (SSSR count). The van der Waals surface area contributed by atoms with Crippen molar-refractivity contribution in [1.82, 2.24) is 19.9 Å². The minimum absolute atomic E-state index is 0.300. The molecular weight excluding hydrogens is 340 g/mol. The standard InChI is InChI=1S/C18H25ClN4O2/c1-14(2)24-12-11-22-7-9-23(10-8-22)13-17-20-18(21-25-17)15-3-5-16(19)6-4-15/h3-6,14H,7-13H2,1-2H3. The van der Waals surface area contributed by atoms with Crippen molar-refractivity contribution < 1.29 is 9.26 Å². The lowest BCUT2D eigenvalue weighted by atomic mass is 10.2. The molecule has 0 unspecified atom stereocenters. The Balaban J connectivity index is 1.46. The molecule has 1 fully saturated rings. The molecule has 7 heteroatoms. The molecule has 1 aromatic carbocycles. The molecule has 25 heavy (non-hydrogen) atoms. The molecule has 0 radical (unpaired) electrons. The second-order valence-corrected chi connectivity index (χ2v) is 6.99. The van der Waals surface area contributed by atoms with Crippen molar-refractivity contribution in [1.29, 1.82) is 0 Å². The van der Waals surface area contributed by atoms with Crippen LogP contribution >= 0.6 is 11.6 Å². The van der Waals surface area contributed by atoms with Crippen LogP contribution in [0.15, 0.2) is 28.8 Å². The van der Waals surface area contributed by atoms with E-state index in [0.717, 1.165) is 44.9 Å². The van der Waals surface area contributed by atoms with E-state index in [0.29, 0.717) is 29.4 Å². The van der Waals surface area contributed by atoms with Gasteiger partial charge < -0.3 is 9.26 Å². The lowest BCUT2D eigenvalue weighted by Crippen LogP contribution is -2.46. The van der Waals surface area contributed by atoms with Crippen LogP contribution in [0.25, 0.3) is 11.4 Å². The van der Waals surface area contributed by atoms with E-state index in [-0.39, 0.29) is 0 Å². The van der Waals surface area contributed by atoms with E-state index in [2.05, 4.69) is 33.8 Å². The summed E-state index contributed by atoms with van der Waals surface area (Å²) in [6, 6.07) is 7.45. The smallest absolute Gasteiger partial charge is 0.241 e. The maximum atomic E-state index is 5.91. The van der Waals surface area contributed by atoms with Crippen molar-refractivity contribution in [2.24, 2.45) is 0 Å². The van der Waals surface area contributed by atoms with Gasteiger partial charge in [0.25, 0.3) is 0 Å². The fraction of sp³-hybridized carbons (Fsp3) is 0.556. The number of hydrogen-bond acceptors (Lipinski definition) is 6. The first-order valence-electron chi connectivity index (χ1n) is 8.75. The van der Waals surface area contributed by atoms with E-state index >= 15 is 0 Å². The summed E-state index contributed by atoms with van der Waals surface area (Å²) in [7, 11) is 0. The zero-order chi connectivity index (χ0) is 17.6. The normalized spacial score (nSPS) is 16.6. The van der Waals surface area contributed by atoms with E-state index in [1.807, 2.05) is 24.3 Å². The zero-order valence-corrected chi connectivity index (χ0v) is 15.6. The Morgan fingerprint density at radius 3 is 2.48 bits per heavy atom. The number of aromatic nitrogens is 2. The topological polar surface area (TPSA) is 54.6 Å². The van der Waals surface area contributed by atoms with Gasteiger partial charge >= 0.3 is 0 Å². The van der Waals surface area contributed by atoms with Gasteiger partial charge in [-0.25, -0.2) is 0 Å². The molecule has 1 saturated heterocycles. The summed E-state index contributed by atoms with van der Waals surface area (Å²) in [6.45, 7) is 10.7. The molecule has 1 aromatic heterocycles. The number of hydrogen-bond donors (Lipinski definition) is 0. The lowest BCUT2D eigenvalue weighted by molar-refractivity contribution is 0.0423. The fourth-order valence-corrected chi connectivity index (χ4v) is 2.94. The highest BCUT2D eigenvalue weighted by Gasteiger charge is 2.19. The van der Waals surface area contributed by atoms with Gasteiger partial charge in [-0.3, -0.25) is 9.80 Å². The van der Waals surface area contributed by atoms with E-state index in [9.17, 15) is 0 Å². The molecule has 2 aromatic rings. The first-order chi connectivity index (χ1) is 12.1. The molecule has 0 atom stereocenters. The van der Waals surface area contributed by atoms with Gasteiger partial charge in [-0.15, -0.1) is 0 Å². The highest BCUT2D eigenvalue weighted by atomic mass is 35.5. The number of nitrogens with zero attached hydrogens (tertiary/aromatic N) is 4. The van der Waals surface area contributed by atoms with Gasteiger partial charge in [-0.2, -0.15) is 4.98 Å². The minimum Gasteiger partial charge on any atom is -0.377 e. The number of benzene rings is 1. The van der Waals surface area contributed by atoms with Crippen molar-refractivity contribution in [3.8, 4) is 11.4 Å². The molecule has 0 aliphatic carbocycles. The maximum Gasteiger partial charge on any atom is 0.241 e. The Morgan fingerprint density at radius 2 is 1.80 bits per heavy atom. The van der Waals surface area contributed by atoms with Crippen molar-refractivity contribution >= 4 is 11.6 Å². The molecule has 0 amide bonds. The Bertz CT molecular complexity index is 651. The van der Waals surface area contributed by atoms with E-state index in [1.54, 1.807) is 0 Å². The van der Waals surface area contributed by atoms with Crippen LogP contribution in [0.4, 0.5) is 0 Å². The largest absolute Gasteiger partial charge is 0.377 e. The number of halogens is 1. The highest BCUT2D eigenvalue weighted by molar-refractivity contribution is 6.30. The van der Waals surface area contributed by atoms with Crippen LogP contribution in [0.1, 0.15) is 19.7 Å². The predicted octanol–water partition coefficient (Wildman–Crippen LogP) is 2.93. The SMILES string of the molecule is CC(C)OCCN1CCN(Cc2nc(-c3ccc(Cl)cc3)no2)CC1. The molecule has 1 aliphatic rings. The van der Waals surface area contributed by atoms with Gasteiger partial charge in [-0.05, 0) is 38.1 Å². The van der Waals surface area contributed by atoms with E-state index in [1.165, 1.54) is 0 Å². The van der Waals surface area contributed by atoms with Gasteiger partial charge in [0.1, 0.15) is 0 Å². The molecule has 0 saturated carbocycles. The van der Waals surface area contributed by atoms with Crippen molar-refractivity contribution in [2.45, 2.75) is 26.5 Å². The monoisotopic (exact) mass is 364 g/mol. The van der Waals surface area contributed by atoms with Crippen molar-refractivity contribution in [3.63, 3.8) is 0 Å². The molecule has 6 nitrogen and oxygen atoms in total. The van der Waals surface area contributed by atoms with E-state index in [4.69, 9.17) is 20.9 Å². The Kier molecular flexibility index (Phi) is 6.42. The van der Waals surface area contributed by atoms with Crippen LogP contribution in [0.2, 0.25) is 5.02 Å². The van der Waals surface area contributed by atoms with Gasteiger partial charge in [0.15, 0.2) is 0 Å². The summed E-state index contributed by atoms with van der Waals surface area (Å²) in [5.41, 5.74) is 0.911. The quantitative estimate of drug-likeness (QED) is 0.753. The molecule has 0 N–H and O–H groups in total. The summed E-state index contributed by atoms with van der Waals surface area (Å²) in [5.74, 6) is 1.26. The molecular formula is C18H25ClN4O2. The number of rotatable bonds is 7. The number of ether oxygens (including phenoxy) is 1. The summed E-state index contributed by atoms with van der Waals surface area (Å²) in [5, 5.41) is 4.77. The molecule has 0 spiro atoms. The Hall–Kier alpha value is -1.47. The average Bonchev–Trinajstić information content (AvgIpc) is 3.05. The highest BCUT2D eigenvalue weighted by Crippen LogP contribution is 2.19. The van der Waals surface area contributed by atoms with Crippen LogP contribution in [0.5, 0.6) is 0 Å². The number of piperazine rings is 1. The maximum absolute atomic E-state index is 5.91. The third-order valence-electron chi connectivity index (χ3n) is 4.25. The minimum atomic E-state index is 0.300. The second-order valence-electron chi connectivity index (χ2n) is 6.56. The summed E-state index contributed by atoms with van der Waals surface area (Å²) >= 11 is 5.91. The van der Waals surface area contributed by atoms with Gasteiger partial charge in [-0.1, -0.05) is 16.8 Å². The molecule has 2 heterocycles. The zero-order valence-electron chi connectivity index (χ0n) is 14.8. The first kappa shape index (κ1) is 18.3. The molecule has 136 valence electrons. The van der Waals surface area contributed by atoms with Gasteiger partial charge in [0, 0.05) is 43.3 Å². The molecule has 0 bridgehead atoms. The van der Waals surface area contributed by atoms with Crippen LogP contribution in [0, 0.1) is 0 Å². The third-order valence-corrected chi connectivity index (χ3v) is 4.50. The van der Waals surface area contributed by atoms with Gasteiger partial charge in [0.05, 0.1) is 19.3 Å². The third kappa shape index (κ3) is 5.51. The Labute approximate surface area is 153 Å². The average molecular weight is 365 g/mol. The fourth-order valence-electron chi connectivity index (χ4n) is 2.82. The van der Waals surface area contributed by atoms with Crippen LogP contribution < -0.4 is 0 Å². The summed E-state index contributed by atoms with van der Waals surface area (Å²) in [6.07, 6.45) is 0.300. The van der Waals surface area contributed by atoms with Crippen molar-refractivity contribution in [3.05, 3.63) is 35.2 Å². The second kappa shape index (κ2) is 8.76. The van der Waals surface area contributed by atoms with E-state index < -0.39 is 0 Å². The van der Waals surface area contributed by atoms with Crippen molar-refractivity contribution in [2.75, 3.05) is 39.3 Å². The van der Waals surface area contributed by atoms with Crippen LogP contribution in [-0.4, -0.2) is 65.4 Å². The van der Waals surface area contributed by atoms with Gasteiger partial charge in [0.2, 0.25) is 11.7 Å². The van der Waals surface area contributed by atoms with Crippen LogP contribution in [-0.2, 0) is 11.3 Å². The first-order valence-corrected chi connectivity index (χ1v) is 9.13. The van der Waals surface area contributed by atoms with Crippen LogP contribution in [0.3, 0.4) is 0 Å². The Morgan fingerprint density at radius 1 is 1.12 bits per heavy atom. The summed E-state index contributed by atoms with van der Waals surface area (Å²) in [4.78, 5) is 9.28. The predicted molar refractivity (Wildman–Crippen MR) is 97.5 cm³/mol. The molecule has 1 aliphatic heterocycles. The summed E-state index contributed by atoms with van der Waals surface area (Å²) < 4.78 is 11.0.